The number of hydrogen-bond acceptors (Lipinski definition) is 7. The van der Waals surface area contributed by atoms with Gasteiger partial charge in [-0.1, -0.05) is 112 Å². The molecule has 2 aliphatic rings. The maximum absolute atomic E-state index is 13.8. The van der Waals surface area contributed by atoms with Crippen LogP contribution >= 0.6 is 11.8 Å². The Labute approximate surface area is 282 Å². The number of fused-ring (bicyclic) bond motifs is 1. The summed E-state index contributed by atoms with van der Waals surface area (Å²) in [6.45, 7) is 3.66. The van der Waals surface area contributed by atoms with Gasteiger partial charge in [-0.15, -0.1) is 0 Å². The van der Waals surface area contributed by atoms with Crippen molar-refractivity contribution < 1.29 is 29.6 Å². The van der Waals surface area contributed by atoms with E-state index in [1.54, 1.807) is 18.2 Å². The highest BCUT2D eigenvalue weighted by Gasteiger charge is 2.41. The molecular formula is C38H48N2O6S. The number of rotatable bonds is 14. The Hall–Kier alpha value is -3.37. The fraction of sp³-hybridized carbons (Fsp3) is 0.474. The van der Waals surface area contributed by atoms with Crippen LogP contribution in [0.15, 0.2) is 83.8 Å². The van der Waals surface area contributed by atoms with Crippen LogP contribution < -0.4 is 15.4 Å². The van der Waals surface area contributed by atoms with E-state index in [9.17, 15) is 24.9 Å². The molecule has 5 rings (SSSR count). The van der Waals surface area contributed by atoms with Crippen LogP contribution in [0.5, 0.6) is 5.75 Å². The van der Waals surface area contributed by atoms with E-state index in [-0.39, 0.29) is 11.8 Å². The van der Waals surface area contributed by atoms with Crippen molar-refractivity contribution in [3.8, 4) is 5.75 Å². The monoisotopic (exact) mass is 660 g/mol. The van der Waals surface area contributed by atoms with Gasteiger partial charge < -0.3 is 30.7 Å². The van der Waals surface area contributed by atoms with Crippen LogP contribution in [0.25, 0.3) is 0 Å². The first-order chi connectivity index (χ1) is 22.7. The molecule has 47 heavy (non-hydrogen) atoms. The normalized spacial score (nSPS) is 20.6. The van der Waals surface area contributed by atoms with Crippen LogP contribution in [0.1, 0.15) is 79.9 Å². The Morgan fingerprint density at radius 2 is 1.57 bits per heavy atom. The van der Waals surface area contributed by atoms with E-state index in [1.165, 1.54) is 11.8 Å². The van der Waals surface area contributed by atoms with Crippen molar-refractivity contribution in [1.82, 2.24) is 10.6 Å². The van der Waals surface area contributed by atoms with Crippen LogP contribution in [0, 0.1) is 17.8 Å². The average Bonchev–Trinajstić information content (AvgIpc) is 3.39. The summed E-state index contributed by atoms with van der Waals surface area (Å²) in [6, 6.07) is 23.1. The van der Waals surface area contributed by atoms with Crippen LogP contribution in [-0.2, 0) is 11.2 Å². The Bertz CT molecular complexity index is 1460. The zero-order valence-electron chi connectivity index (χ0n) is 27.3. The second-order valence-electron chi connectivity index (χ2n) is 13.2. The molecule has 6 atom stereocenters. The van der Waals surface area contributed by atoms with E-state index in [1.807, 2.05) is 74.5 Å². The van der Waals surface area contributed by atoms with Crippen molar-refractivity contribution in [2.75, 3.05) is 5.94 Å². The highest BCUT2D eigenvalue weighted by molar-refractivity contribution is 7.99. The Balaban J connectivity index is 1.31. The van der Waals surface area contributed by atoms with E-state index < -0.39 is 48.1 Å². The van der Waals surface area contributed by atoms with Crippen molar-refractivity contribution in [1.29, 1.82) is 0 Å². The minimum absolute atomic E-state index is 0.279. The van der Waals surface area contributed by atoms with Crippen LogP contribution in [-0.4, -0.2) is 57.4 Å². The fourth-order valence-corrected chi connectivity index (χ4v) is 7.74. The van der Waals surface area contributed by atoms with E-state index in [0.717, 1.165) is 48.1 Å². The Morgan fingerprint density at radius 1 is 0.894 bits per heavy atom. The lowest BCUT2D eigenvalue weighted by atomic mass is 9.79. The Morgan fingerprint density at radius 3 is 2.32 bits per heavy atom. The maximum Gasteiger partial charge on any atom is 0.255 e. The molecule has 1 saturated carbocycles. The summed E-state index contributed by atoms with van der Waals surface area (Å²) >= 11 is 1.52. The van der Waals surface area contributed by atoms with Crippen LogP contribution in [0.4, 0.5) is 0 Å². The lowest BCUT2D eigenvalue weighted by molar-refractivity contribution is -0.137. The second-order valence-corrected chi connectivity index (χ2v) is 14.2. The number of carbonyl (C=O) groups is 2. The number of aliphatic hydroxyl groups is 3. The van der Waals surface area contributed by atoms with Gasteiger partial charge in [0.05, 0.1) is 35.8 Å². The van der Waals surface area contributed by atoms with Gasteiger partial charge in [-0.2, -0.15) is 0 Å². The molecule has 3 aromatic carbocycles. The van der Waals surface area contributed by atoms with Crippen molar-refractivity contribution in [3.63, 3.8) is 0 Å². The maximum atomic E-state index is 13.8. The summed E-state index contributed by atoms with van der Waals surface area (Å²) in [4.78, 5) is 28.6. The third-order valence-corrected chi connectivity index (χ3v) is 10.4. The molecule has 252 valence electrons. The van der Waals surface area contributed by atoms with Crippen molar-refractivity contribution in [2.24, 2.45) is 17.8 Å². The standard InChI is InChI=1S/C38H48N2O6S/c1-24(2)33(38(45)40-34-28-18-10-9-15-26(28)22-31(34)41)36(43)35(42)30(21-25-13-5-3-6-14-25)39-37(44)29-19-11-12-20-32(29)46-23-47-27-16-7-4-8-17-27/h4,7-12,15-20,24-25,30-31,33-36,41-43H,3,5-6,13-14,21-23H2,1-2H3,(H,39,44)(H,40,45)/t30-,31+,33+,34?,35+,36+/m0/s1. The van der Waals surface area contributed by atoms with Crippen molar-refractivity contribution in [2.45, 2.75) is 94.1 Å². The first kappa shape index (κ1) is 35.0. The molecule has 2 amide bonds. The minimum Gasteiger partial charge on any atom is -0.482 e. The molecule has 8 nitrogen and oxygen atoms in total. The van der Waals surface area contributed by atoms with Crippen LogP contribution in [0.3, 0.4) is 0 Å². The van der Waals surface area contributed by atoms with Crippen molar-refractivity contribution in [3.05, 3.63) is 95.6 Å². The molecule has 0 aromatic heterocycles. The smallest absolute Gasteiger partial charge is 0.255 e. The zero-order valence-corrected chi connectivity index (χ0v) is 28.1. The summed E-state index contributed by atoms with van der Waals surface area (Å²) in [5, 5.41) is 40.2. The predicted molar refractivity (Wildman–Crippen MR) is 184 cm³/mol. The lowest BCUT2D eigenvalue weighted by Gasteiger charge is -2.36. The molecule has 0 aliphatic heterocycles. The quantitative estimate of drug-likeness (QED) is 0.112. The molecule has 0 saturated heterocycles. The van der Waals surface area contributed by atoms with Gasteiger partial charge >= 0.3 is 0 Å². The highest BCUT2D eigenvalue weighted by atomic mass is 32.2. The number of nitrogens with one attached hydrogen (secondary N) is 2. The molecule has 0 spiro atoms. The number of benzene rings is 3. The van der Waals surface area contributed by atoms with Gasteiger partial charge in [-0.3, -0.25) is 9.59 Å². The van der Waals surface area contributed by atoms with E-state index in [2.05, 4.69) is 10.6 Å². The largest absolute Gasteiger partial charge is 0.482 e. The second kappa shape index (κ2) is 16.6. The predicted octanol–water partition coefficient (Wildman–Crippen LogP) is 5.65. The molecule has 2 aliphatic carbocycles. The zero-order chi connectivity index (χ0) is 33.3. The van der Waals surface area contributed by atoms with Gasteiger partial charge in [0.25, 0.3) is 5.91 Å². The topological polar surface area (TPSA) is 128 Å². The van der Waals surface area contributed by atoms with Gasteiger partial charge in [-0.05, 0) is 53.6 Å². The first-order valence-corrected chi connectivity index (χ1v) is 17.8. The lowest BCUT2D eigenvalue weighted by Crippen LogP contribution is -2.55. The number of amides is 2. The fourth-order valence-electron chi connectivity index (χ4n) is 7.07. The summed E-state index contributed by atoms with van der Waals surface area (Å²) < 4.78 is 6.02. The van der Waals surface area contributed by atoms with E-state index in [4.69, 9.17) is 4.74 Å². The molecule has 0 heterocycles. The summed E-state index contributed by atoms with van der Waals surface area (Å²) in [5.41, 5.74) is 2.17. The van der Waals surface area contributed by atoms with Gasteiger partial charge in [0.15, 0.2) is 0 Å². The van der Waals surface area contributed by atoms with Gasteiger partial charge in [0.2, 0.25) is 5.91 Å². The van der Waals surface area contributed by atoms with E-state index in [0.29, 0.717) is 30.1 Å². The summed E-state index contributed by atoms with van der Waals surface area (Å²) in [7, 11) is 0. The molecule has 9 heteroatoms. The molecule has 1 unspecified atom stereocenters. The van der Waals surface area contributed by atoms with Crippen molar-refractivity contribution >= 4 is 23.6 Å². The molecular weight excluding hydrogens is 612 g/mol. The number of para-hydroxylation sites is 1. The number of thioether (sulfide) groups is 1. The first-order valence-electron chi connectivity index (χ1n) is 16.9. The van der Waals surface area contributed by atoms with Gasteiger partial charge in [-0.25, -0.2) is 0 Å². The molecule has 0 bridgehead atoms. The van der Waals surface area contributed by atoms with Crippen LogP contribution in [0.2, 0.25) is 0 Å². The average molecular weight is 661 g/mol. The van der Waals surface area contributed by atoms with E-state index >= 15 is 0 Å². The summed E-state index contributed by atoms with van der Waals surface area (Å²) in [5.74, 6) is -1.13. The highest BCUT2D eigenvalue weighted by Crippen LogP contribution is 2.34. The summed E-state index contributed by atoms with van der Waals surface area (Å²) in [6.07, 6.45) is 2.59. The number of ether oxygens (including phenoxy) is 1. The van der Waals surface area contributed by atoms with Gasteiger partial charge in [0, 0.05) is 11.3 Å². The SMILES string of the molecule is CC(C)[C@@H](C(=O)NC1c2ccccc2C[C@H]1O)[C@@H](O)[C@H](O)[C@H](CC1CCCCC1)NC(=O)c1ccccc1OCSc1ccccc1. The Kier molecular flexibility index (Phi) is 12.4. The molecule has 3 aromatic rings. The number of hydrogen-bond donors (Lipinski definition) is 5. The minimum atomic E-state index is -1.45. The number of aliphatic hydroxyl groups excluding tert-OH is 3. The van der Waals surface area contributed by atoms with Gasteiger partial charge in [0.1, 0.15) is 17.8 Å². The third-order valence-electron chi connectivity index (χ3n) is 9.60. The molecule has 0 radical (unpaired) electrons. The number of carbonyl (C=O) groups excluding carboxylic acids is 2. The third kappa shape index (κ3) is 8.96. The molecule has 1 fully saturated rings. The molecule has 5 N–H and O–H groups in total.